The van der Waals surface area contributed by atoms with Crippen LogP contribution in [0, 0.1) is 18.6 Å². The van der Waals surface area contributed by atoms with E-state index in [1.54, 1.807) is 6.92 Å². The number of rotatable bonds is 2. The number of ether oxygens (including phenoxy) is 1. The molecular formula is C16H16F2N2O2. The lowest BCUT2D eigenvalue weighted by atomic mass is 9.92. The largest absolute Gasteiger partial charge is 0.373 e. The van der Waals surface area contributed by atoms with Crippen LogP contribution in [-0.4, -0.2) is 16.8 Å². The minimum Gasteiger partial charge on any atom is -0.373 e. The van der Waals surface area contributed by atoms with Gasteiger partial charge in [0.25, 0.3) is 5.56 Å². The highest BCUT2D eigenvalue weighted by molar-refractivity contribution is 5.68. The van der Waals surface area contributed by atoms with Crippen molar-refractivity contribution in [2.24, 2.45) is 0 Å². The van der Waals surface area contributed by atoms with Gasteiger partial charge in [-0.1, -0.05) is 6.07 Å². The zero-order valence-corrected chi connectivity index (χ0v) is 12.2. The van der Waals surface area contributed by atoms with Gasteiger partial charge in [-0.2, -0.15) is 5.10 Å². The summed E-state index contributed by atoms with van der Waals surface area (Å²) < 4.78 is 34.0. The summed E-state index contributed by atoms with van der Waals surface area (Å²) in [6.45, 7) is 2.27. The maximum absolute atomic E-state index is 14.1. The highest BCUT2D eigenvalue weighted by Crippen LogP contribution is 2.36. The Balaban J connectivity index is 2.27. The van der Waals surface area contributed by atoms with Gasteiger partial charge in [0.15, 0.2) is 0 Å². The summed E-state index contributed by atoms with van der Waals surface area (Å²) >= 11 is 0. The van der Waals surface area contributed by atoms with E-state index in [0.29, 0.717) is 24.3 Å². The number of hydrogen-bond acceptors (Lipinski definition) is 3. The lowest BCUT2D eigenvalue weighted by Crippen LogP contribution is -2.22. The van der Waals surface area contributed by atoms with Crippen molar-refractivity contribution in [3.8, 4) is 11.1 Å². The zero-order valence-electron chi connectivity index (χ0n) is 12.2. The number of aryl methyl sites for hydroxylation is 1. The molecule has 1 unspecified atom stereocenters. The normalized spacial score (nSPS) is 18.4. The topological polar surface area (TPSA) is 55.0 Å². The minimum atomic E-state index is -0.770. The number of aromatic amines is 1. The average Bonchev–Trinajstić information content (AvgIpc) is 2.51. The molecule has 0 amide bonds. The van der Waals surface area contributed by atoms with Crippen molar-refractivity contribution >= 4 is 0 Å². The smallest absolute Gasteiger partial charge is 0.272 e. The molecule has 0 spiro atoms. The number of H-pyrrole nitrogens is 1. The third kappa shape index (κ3) is 2.54. The van der Waals surface area contributed by atoms with Crippen LogP contribution in [0.3, 0.4) is 0 Å². The van der Waals surface area contributed by atoms with Gasteiger partial charge in [0.05, 0.1) is 22.9 Å². The van der Waals surface area contributed by atoms with Gasteiger partial charge in [-0.25, -0.2) is 13.9 Å². The first-order valence-electron chi connectivity index (χ1n) is 7.24. The molecule has 1 aliphatic rings. The molecule has 116 valence electrons. The van der Waals surface area contributed by atoms with E-state index in [4.69, 9.17) is 4.74 Å². The Morgan fingerprint density at radius 3 is 2.59 bits per heavy atom. The maximum atomic E-state index is 14.1. The van der Waals surface area contributed by atoms with Gasteiger partial charge in [-0.3, -0.25) is 4.79 Å². The fourth-order valence-electron chi connectivity index (χ4n) is 2.90. The van der Waals surface area contributed by atoms with E-state index in [1.807, 2.05) is 0 Å². The summed E-state index contributed by atoms with van der Waals surface area (Å²) in [5.41, 5.74) is 0.0452. The SMILES string of the molecule is Cc1n[nH]c(=O)c(-c2c(F)cccc2F)c1C1CCCCO1. The second-order valence-corrected chi connectivity index (χ2v) is 5.38. The van der Waals surface area contributed by atoms with Crippen molar-refractivity contribution < 1.29 is 13.5 Å². The fourth-order valence-corrected chi connectivity index (χ4v) is 2.90. The molecule has 2 heterocycles. The summed E-state index contributed by atoms with van der Waals surface area (Å²) in [7, 11) is 0. The number of hydrogen-bond donors (Lipinski definition) is 1. The van der Waals surface area contributed by atoms with E-state index in [1.165, 1.54) is 6.07 Å². The van der Waals surface area contributed by atoms with Crippen molar-refractivity contribution in [1.29, 1.82) is 0 Å². The molecule has 2 aromatic rings. The molecule has 1 saturated heterocycles. The molecule has 1 fully saturated rings. The van der Waals surface area contributed by atoms with E-state index < -0.39 is 17.2 Å². The molecule has 1 N–H and O–H groups in total. The first kappa shape index (κ1) is 14.8. The monoisotopic (exact) mass is 306 g/mol. The molecule has 1 aromatic carbocycles. The first-order chi connectivity index (χ1) is 10.6. The molecule has 0 radical (unpaired) electrons. The molecule has 0 saturated carbocycles. The van der Waals surface area contributed by atoms with Crippen LogP contribution >= 0.6 is 0 Å². The predicted octanol–water partition coefficient (Wildman–Crippen LogP) is 3.27. The standard InChI is InChI=1S/C16H16F2N2O2/c1-9-13(12-7-2-3-8-22-12)15(16(21)20-19-9)14-10(17)5-4-6-11(14)18/h4-6,12H,2-3,7-8H2,1H3,(H,20,21). The van der Waals surface area contributed by atoms with E-state index in [2.05, 4.69) is 10.2 Å². The molecule has 22 heavy (non-hydrogen) atoms. The molecule has 1 atom stereocenters. The van der Waals surface area contributed by atoms with Crippen molar-refractivity contribution in [2.75, 3.05) is 6.61 Å². The lowest BCUT2D eigenvalue weighted by molar-refractivity contribution is 0.0145. The molecule has 6 heteroatoms. The summed E-state index contributed by atoms with van der Waals surface area (Å²) in [5.74, 6) is -1.54. The summed E-state index contributed by atoms with van der Waals surface area (Å²) in [6.07, 6.45) is 2.22. The molecule has 0 aliphatic carbocycles. The number of nitrogens with one attached hydrogen (secondary N) is 1. The number of aromatic nitrogens is 2. The maximum Gasteiger partial charge on any atom is 0.272 e. The Morgan fingerprint density at radius 1 is 1.23 bits per heavy atom. The van der Waals surface area contributed by atoms with Gasteiger partial charge in [0.1, 0.15) is 11.6 Å². The molecule has 1 aliphatic heterocycles. The number of nitrogens with zero attached hydrogens (tertiary/aromatic N) is 1. The van der Waals surface area contributed by atoms with Gasteiger partial charge in [0, 0.05) is 12.2 Å². The van der Waals surface area contributed by atoms with Crippen LogP contribution in [0.25, 0.3) is 11.1 Å². The van der Waals surface area contributed by atoms with Gasteiger partial charge in [-0.15, -0.1) is 0 Å². The van der Waals surface area contributed by atoms with Crippen molar-refractivity contribution in [3.05, 3.63) is 51.4 Å². The van der Waals surface area contributed by atoms with E-state index >= 15 is 0 Å². The van der Waals surface area contributed by atoms with Crippen LogP contribution in [-0.2, 0) is 4.74 Å². The van der Waals surface area contributed by atoms with Crippen molar-refractivity contribution in [3.63, 3.8) is 0 Å². The van der Waals surface area contributed by atoms with E-state index in [9.17, 15) is 13.6 Å². The summed E-state index contributed by atoms with van der Waals surface area (Å²) in [5, 5.41) is 6.24. The molecule has 0 bridgehead atoms. The minimum absolute atomic E-state index is 0.0185. The average molecular weight is 306 g/mol. The Hall–Kier alpha value is -2.08. The van der Waals surface area contributed by atoms with Gasteiger partial charge in [0.2, 0.25) is 0 Å². The van der Waals surface area contributed by atoms with Gasteiger partial charge < -0.3 is 4.74 Å². The lowest BCUT2D eigenvalue weighted by Gasteiger charge is -2.25. The third-order valence-corrected chi connectivity index (χ3v) is 3.93. The Morgan fingerprint density at radius 2 is 1.95 bits per heavy atom. The Kier molecular flexibility index (Phi) is 4.02. The van der Waals surface area contributed by atoms with E-state index in [-0.39, 0.29) is 17.2 Å². The van der Waals surface area contributed by atoms with Crippen molar-refractivity contribution in [2.45, 2.75) is 32.3 Å². The van der Waals surface area contributed by atoms with Crippen LogP contribution in [0.4, 0.5) is 8.78 Å². The van der Waals surface area contributed by atoms with Crippen LogP contribution in [0.2, 0.25) is 0 Å². The van der Waals surface area contributed by atoms with E-state index in [0.717, 1.165) is 25.0 Å². The molecule has 3 rings (SSSR count). The van der Waals surface area contributed by atoms with Gasteiger partial charge in [-0.05, 0) is 38.3 Å². The summed E-state index contributed by atoms with van der Waals surface area (Å²) in [6, 6.07) is 3.55. The van der Waals surface area contributed by atoms with Crippen LogP contribution in [0.1, 0.15) is 36.6 Å². The summed E-state index contributed by atoms with van der Waals surface area (Å²) in [4.78, 5) is 12.2. The first-order valence-corrected chi connectivity index (χ1v) is 7.24. The zero-order chi connectivity index (χ0) is 15.7. The van der Waals surface area contributed by atoms with Gasteiger partial charge >= 0.3 is 0 Å². The van der Waals surface area contributed by atoms with Crippen LogP contribution in [0.15, 0.2) is 23.0 Å². The molecule has 1 aromatic heterocycles. The van der Waals surface area contributed by atoms with Crippen LogP contribution in [0.5, 0.6) is 0 Å². The second-order valence-electron chi connectivity index (χ2n) is 5.38. The Bertz CT molecular complexity index is 732. The molecule has 4 nitrogen and oxygen atoms in total. The fraction of sp³-hybridized carbons (Fsp3) is 0.375. The van der Waals surface area contributed by atoms with Crippen LogP contribution < -0.4 is 5.56 Å². The highest BCUT2D eigenvalue weighted by atomic mass is 19.1. The molecular weight excluding hydrogens is 290 g/mol. The predicted molar refractivity (Wildman–Crippen MR) is 77.5 cm³/mol. The Labute approximate surface area is 126 Å². The highest BCUT2D eigenvalue weighted by Gasteiger charge is 2.27. The number of halogens is 2. The second kappa shape index (κ2) is 5.96. The van der Waals surface area contributed by atoms with Crippen molar-refractivity contribution in [1.82, 2.24) is 10.2 Å². The number of benzene rings is 1. The third-order valence-electron chi connectivity index (χ3n) is 3.93. The quantitative estimate of drug-likeness (QED) is 0.926.